The summed E-state index contributed by atoms with van der Waals surface area (Å²) in [6.45, 7) is 14.5. The lowest BCUT2D eigenvalue weighted by Crippen LogP contribution is -2.42. The van der Waals surface area contributed by atoms with Crippen molar-refractivity contribution in [3.8, 4) is 0 Å². The largest absolute Gasteiger partial charge is 0.357 e. The lowest BCUT2D eigenvalue weighted by Gasteiger charge is -2.27. The number of likely N-dealkylation sites (tertiary alicyclic amines) is 2. The molecule has 2 heterocycles. The Balaban J connectivity index is 1.64. The minimum Gasteiger partial charge on any atom is -0.357 e. The summed E-state index contributed by atoms with van der Waals surface area (Å²) < 4.78 is 0. The number of hydrogen-bond donors (Lipinski definition) is 1. The Labute approximate surface area is 153 Å². The molecule has 25 heavy (non-hydrogen) atoms. The molecule has 2 saturated heterocycles. The molecule has 3 rings (SSSR count). The van der Waals surface area contributed by atoms with E-state index in [0.29, 0.717) is 0 Å². The standard InChI is InChI=1S/C21H34N4/c1-4-22-20(23-15-18-11-13-24(5-2)16-18)25-14-12-21(3,17-25)19-9-7-6-8-10-19/h6-10,18H,4-5,11-17H2,1-3H3,(H,22,23). The van der Waals surface area contributed by atoms with Crippen LogP contribution in [0.2, 0.25) is 0 Å². The minimum atomic E-state index is 0.226. The zero-order chi connectivity index (χ0) is 17.7. The van der Waals surface area contributed by atoms with Crippen LogP contribution in [0.25, 0.3) is 0 Å². The molecule has 2 atom stereocenters. The second kappa shape index (κ2) is 8.22. The van der Waals surface area contributed by atoms with E-state index >= 15 is 0 Å². The number of guanidine groups is 1. The second-order valence-corrected chi connectivity index (χ2v) is 7.84. The number of rotatable bonds is 5. The van der Waals surface area contributed by atoms with E-state index in [1.807, 2.05) is 0 Å². The van der Waals surface area contributed by atoms with Gasteiger partial charge in [-0.05, 0) is 44.3 Å². The van der Waals surface area contributed by atoms with Gasteiger partial charge < -0.3 is 15.1 Å². The van der Waals surface area contributed by atoms with Crippen molar-refractivity contribution in [3.63, 3.8) is 0 Å². The normalized spacial score (nSPS) is 27.9. The molecule has 0 aliphatic carbocycles. The number of aliphatic imine (C=N–C) groups is 1. The zero-order valence-corrected chi connectivity index (χ0v) is 16.2. The number of hydrogen-bond acceptors (Lipinski definition) is 2. The van der Waals surface area contributed by atoms with Crippen LogP contribution >= 0.6 is 0 Å². The molecule has 2 aliphatic rings. The van der Waals surface area contributed by atoms with E-state index in [4.69, 9.17) is 4.99 Å². The highest BCUT2D eigenvalue weighted by atomic mass is 15.3. The first-order valence-corrected chi connectivity index (χ1v) is 9.95. The van der Waals surface area contributed by atoms with Crippen molar-refractivity contribution in [1.82, 2.24) is 15.1 Å². The predicted octanol–water partition coefficient (Wildman–Crippen LogP) is 2.96. The molecule has 2 aliphatic heterocycles. The SMILES string of the molecule is CCNC(=NCC1CCN(CC)C1)N1CCC(C)(c2ccccc2)C1. The average molecular weight is 343 g/mol. The van der Waals surface area contributed by atoms with Crippen molar-refractivity contribution in [1.29, 1.82) is 0 Å². The van der Waals surface area contributed by atoms with Gasteiger partial charge in [0.1, 0.15) is 0 Å². The van der Waals surface area contributed by atoms with Crippen LogP contribution in [-0.2, 0) is 5.41 Å². The third-order valence-electron chi connectivity index (χ3n) is 5.89. The fraction of sp³-hybridized carbons (Fsp3) is 0.667. The van der Waals surface area contributed by atoms with E-state index in [0.717, 1.165) is 38.1 Å². The van der Waals surface area contributed by atoms with Gasteiger partial charge in [0.05, 0.1) is 0 Å². The van der Waals surface area contributed by atoms with Gasteiger partial charge in [0.15, 0.2) is 5.96 Å². The first kappa shape index (κ1) is 18.2. The summed E-state index contributed by atoms with van der Waals surface area (Å²) in [5.74, 6) is 1.83. The fourth-order valence-electron chi connectivity index (χ4n) is 4.21. The average Bonchev–Trinajstić information content (AvgIpc) is 3.27. The summed E-state index contributed by atoms with van der Waals surface area (Å²) in [7, 11) is 0. The molecular weight excluding hydrogens is 308 g/mol. The Kier molecular flexibility index (Phi) is 6.00. The van der Waals surface area contributed by atoms with Gasteiger partial charge in [-0.15, -0.1) is 0 Å². The van der Waals surface area contributed by atoms with Gasteiger partial charge in [0, 0.05) is 38.1 Å². The minimum absolute atomic E-state index is 0.226. The highest BCUT2D eigenvalue weighted by Crippen LogP contribution is 2.34. The first-order valence-electron chi connectivity index (χ1n) is 9.95. The maximum atomic E-state index is 5.01. The van der Waals surface area contributed by atoms with Crippen LogP contribution in [0, 0.1) is 5.92 Å². The molecule has 0 radical (unpaired) electrons. The van der Waals surface area contributed by atoms with Crippen molar-refractivity contribution >= 4 is 5.96 Å². The summed E-state index contributed by atoms with van der Waals surface area (Å²) in [4.78, 5) is 10.0. The highest BCUT2D eigenvalue weighted by molar-refractivity contribution is 5.80. The second-order valence-electron chi connectivity index (χ2n) is 7.84. The van der Waals surface area contributed by atoms with E-state index < -0.39 is 0 Å². The maximum absolute atomic E-state index is 5.01. The highest BCUT2D eigenvalue weighted by Gasteiger charge is 2.36. The van der Waals surface area contributed by atoms with Crippen LogP contribution in [0.15, 0.2) is 35.3 Å². The number of nitrogens with zero attached hydrogens (tertiary/aromatic N) is 3. The third-order valence-corrected chi connectivity index (χ3v) is 5.89. The van der Waals surface area contributed by atoms with Crippen LogP contribution < -0.4 is 5.32 Å². The topological polar surface area (TPSA) is 30.9 Å². The number of nitrogens with one attached hydrogen (secondary N) is 1. The molecular formula is C21H34N4. The van der Waals surface area contributed by atoms with E-state index in [2.05, 4.69) is 66.2 Å². The van der Waals surface area contributed by atoms with Crippen molar-refractivity contribution < 1.29 is 0 Å². The molecule has 4 nitrogen and oxygen atoms in total. The van der Waals surface area contributed by atoms with E-state index in [9.17, 15) is 0 Å². The van der Waals surface area contributed by atoms with E-state index in [-0.39, 0.29) is 5.41 Å². The molecule has 1 N–H and O–H groups in total. The van der Waals surface area contributed by atoms with Crippen LogP contribution in [0.1, 0.15) is 39.2 Å². The molecule has 0 spiro atoms. The van der Waals surface area contributed by atoms with E-state index in [1.54, 1.807) is 0 Å². The van der Waals surface area contributed by atoms with Gasteiger partial charge in [-0.2, -0.15) is 0 Å². The Morgan fingerprint density at radius 3 is 2.72 bits per heavy atom. The van der Waals surface area contributed by atoms with Crippen molar-refractivity contribution in [2.75, 3.05) is 45.8 Å². The van der Waals surface area contributed by atoms with Gasteiger partial charge >= 0.3 is 0 Å². The summed E-state index contributed by atoms with van der Waals surface area (Å²) in [6, 6.07) is 11.0. The molecule has 0 aromatic heterocycles. The quantitative estimate of drug-likeness (QED) is 0.659. The molecule has 2 unspecified atom stereocenters. The molecule has 1 aromatic rings. The summed E-state index contributed by atoms with van der Waals surface area (Å²) in [5.41, 5.74) is 1.67. The predicted molar refractivity (Wildman–Crippen MR) is 106 cm³/mol. The Bertz CT molecular complexity index is 571. The Morgan fingerprint density at radius 2 is 2.04 bits per heavy atom. The Morgan fingerprint density at radius 1 is 1.24 bits per heavy atom. The van der Waals surface area contributed by atoms with E-state index in [1.165, 1.54) is 38.0 Å². The van der Waals surface area contributed by atoms with Gasteiger partial charge in [0.25, 0.3) is 0 Å². The van der Waals surface area contributed by atoms with Crippen LogP contribution in [-0.4, -0.2) is 61.6 Å². The summed E-state index contributed by atoms with van der Waals surface area (Å²) in [6.07, 6.45) is 2.48. The maximum Gasteiger partial charge on any atom is 0.193 e. The van der Waals surface area contributed by atoms with Gasteiger partial charge in [-0.25, -0.2) is 0 Å². The van der Waals surface area contributed by atoms with Crippen LogP contribution in [0.4, 0.5) is 0 Å². The molecule has 0 saturated carbocycles. The molecule has 0 bridgehead atoms. The third kappa shape index (κ3) is 4.35. The van der Waals surface area contributed by atoms with Gasteiger partial charge in [0.2, 0.25) is 0 Å². The molecule has 0 amide bonds. The van der Waals surface area contributed by atoms with Gasteiger partial charge in [-0.3, -0.25) is 4.99 Å². The zero-order valence-electron chi connectivity index (χ0n) is 16.2. The molecule has 4 heteroatoms. The van der Waals surface area contributed by atoms with Crippen molar-refractivity contribution in [2.24, 2.45) is 10.9 Å². The first-order chi connectivity index (χ1) is 12.1. The molecule has 2 fully saturated rings. The van der Waals surface area contributed by atoms with Crippen LogP contribution in [0.3, 0.4) is 0 Å². The molecule has 1 aromatic carbocycles. The lowest BCUT2D eigenvalue weighted by atomic mass is 9.82. The summed E-state index contributed by atoms with van der Waals surface area (Å²) >= 11 is 0. The van der Waals surface area contributed by atoms with Gasteiger partial charge in [-0.1, -0.05) is 44.2 Å². The van der Waals surface area contributed by atoms with Crippen molar-refractivity contribution in [3.05, 3.63) is 35.9 Å². The van der Waals surface area contributed by atoms with Crippen LogP contribution in [0.5, 0.6) is 0 Å². The fourth-order valence-corrected chi connectivity index (χ4v) is 4.21. The lowest BCUT2D eigenvalue weighted by molar-refractivity contribution is 0.343. The molecule has 138 valence electrons. The Hall–Kier alpha value is -1.55. The van der Waals surface area contributed by atoms with Crippen molar-refractivity contribution in [2.45, 2.75) is 39.0 Å². The monoisotopic (exact) mass is 342 g/mol. The smallest absolute Gasteiger partial charge is 0.193 e. The summed E-state index contributed by atoms with van der Waals surface area (Å²) in [5, 5.41) is 3.53. The number of benzene rings is 1.